The molecule has 0 bridgehead atoms. The van der Waals surface area contributed by atoms with E-state index in [0.29, 0.717) is 6.42 Å². The molecule has 0 aliphatic heterocycles. The van der Waals surface area contributed by atoms with Crippen LogP contribution in [0.15, 0.2) is 40.4 Å². The second kappa shape index (κ2) is 10.2. The summed E-state index contributed by atoms with van der Waals surface area (Å²) in [6, 6.07) is 9.73. The van der Waals surface area contributed by atoms with Crippen LogP contribution >= 0.6 is 11.8 Å². The third kappa shape index (κ3) is 7.23. The molecule has 6 heteroatoms. The van der Waals surface area contributed by atoms with E-state index in [1.165, 1.54) is 11.8 Å². The van der Waals surface area contributed by atoms with Crippen LogP contribution in [-0.4, -0.2) is 22.4 Å². The lowest BCUT2D eigenvalue weighted by molar-refractivity contribution is -0.116. The summed E-state index contributed by atoms with van der Waals surface area (Å²) < 4.78 is 0. The third-order valence-corrected chi connectivity index (χ3v) is 4.54. The van der Waals surface area contributed by atoms with Crippen LogP contribution in [0, 0.1) is 13.8 Å². The monoisotopic (exact) mass is 358 g/mol. The summed E-state index contributed by atoms with van der Waals surface area (Å²) in [5, 5.41) is 3.68. The number of aromatic nitrogens is 2. The van der Waals surface area contributed by atoms with E-state index in [2.05, 4.69) is 15.3 Å². The molecule has 0 aliphatic carbocycles. The zero-order valence-electron chi connectivity index (χ0n) is 14.9. The van der Waals surface area contributed by atoms with Gasteiger partial charge in [0.2, 0.25) is 5.91 Å². The summed E-state index contributed by atoms with van der Waals surface area (Å²) in [5.74, 6) is 0.0609. The van der Waals surface area contributed by atoms with E-state index < -0.39 is 0 Å². The summed E-state index contributed by atoms with van der Waals surface area (Å²) in [5.41, 5.74) is 8.20. The molecule has 0 aliphatic rings. The Bertz CT molecular complexity index is 668. The Morgan fingerprint density at radius 3 is 2.32 bits per heavy atom. The number of amides is 1. The summed E-state index contributed by atoms with van der Waals surface area (Å²) in [4.78, 5) is 21.8. The molecule has 0 unspecified atom stereocenters. The maximum absolute atomic E-state index is 11.9. The van der Waals surface area contributed by atoms with Gasteiger partial charge in [0, 0.05) is 28.4 Å². The Labute approximate surface area is 153 Å². The number of hydrogen-bond donors (Lipinski definition) is 2. The number of hydrogen-bond acceptors (Lipinski definition) is 5. The van der Waals surface area contributed by atoms with Gasteiger partial charge >= 0.3 is 0 Å². The first kappa shape index (κ1) is 19.4. The van der Waals surface area contributed by atoms with Crippen LogP contribution in [0.5, 0.6) is 0 Å². The number of anilines is 1. The number of nitrogens with two attached hydrogens (primary N) is 1. The number of nitrogens with zero attached hydrogens (tertiary/aromatic N) is 2. The van der Waals surface area contributed by atoms with Gasteiger partial charge in [0.15, 0.2) is 5.16 Å². The van der Waals surface area contributed by atoms with Crippen molar-refractivity contribution in [3.63, 3.8) is 0 Å². The molecular formula is C19H26N4OS. The number of aryl methyl sites for hydroxylation is 2. The quantitative estimate of drug-likeness (QED) is 0.521. The minimum atomic E-state index is 0.0609. The predicted molar refractivity (Wildman–Crippen MR) is 103 cm³/mol. The maximum Gasteiger partial charge on any atom is 0.224 e. The average Bonchev–Trinajstić information content (AvgIpc) is 2.55. The minimum absolute atomic E-state index is 0.0609. The van der Waals surface area contributed by atoms with Gasteiger partial charge in [-0.15, -0.1) is 0 Å². The number of benzene rings is 1. The maximum atomic E-state index is 11.9. The molecule has 5 nitrogen and oxygen atoms in total. The van der Waals surface area contributed by atoms with Crippen LogP contribution in [0.25, 0.3) is 0 Å². The molecule has 0 radical (unpaired) electrons. The van der Waals surface area contributed by atoms with Crippen molar-refractivity contribution in [2.24, 2.45) is 5.73 Å². The first-order chi connectivity index (χ1) is 12.1. The number of nitrogens with one attached hydrogen (secondary N) is 1. The van der Waals surface area contributed by atoms with Gasteiger partial charge < -0.3 is 11.1 Å². The van der Waals surface area contributed by atoms with Crippen LogP contribution in [0.1, 0.15) is 43.5 Å². The van der Waals surface area contributed by atoms with Crippen LogP contribution in [-0.2, 0) is 4.79 Å². The normalized spacial score (nSPS) is 10.7. The highest BCUT2D eigenvalue weighted by Gasteiger charge is 2.05. The molecule has 0 fully saturated rings. The topological polar surface area (TPSA) is 80.9 Å². The summed E-state index contributed by atoms with van der Waals surface area (Å²) in [6.07, 6.45) is 4.64. The zero-order chi connectivity index (χ0) is 18.1. The summed E-state index contributed by atoms with van der Waals surface area (Å²) in [7, 11) is 0. The van der Waals surface area contributed by atoms with Crippen molar-refractivity contribution in [3.8, 4) is 0 Å². The number of rotatable bonds is 9. The Morgan fingerprint density at radius 1 is 1.04 bits per heavy atom. The highest BCUT2D eigenvalue weighted by atomic mass is 32.2. The lowest BCUT2D eigenvalue weighted by atomic mass is 10.1. The first-order valence-electron chi connectivity index (χ1n) is 8.67. The van der Waals surface area contributed by atoms with Gasteiger partial charge in [-0.3, -0.25) is 4.79 Å². The van der Waals surface area contributed by atoms with E-state index in [-0.39, 0.29) is 5.91 Å². The predicted octanol–water partition coefficient (Wildman–Crippen LogP) is 4.09. The molecule has 25 heavy (non-hydrogen) atoms. The molecule has 0 spiro atoms. The Hall–Kier alpha value is -1.92. The third-order valence-electron chi connectivity index (χ3n) is 3.67. The summed E-state index contributed by atoms with van der Waals surface area (Å²) in [6.45, 7) is 4.66. The van der Waals surface area contributed by atoms with Crippen LogP contribution in [0.3, 0.4) is 0 Å². The molecule has 1 aromatic carbocycles. The molecule has 3 N–H and O–H groups in total. The van der Waals surface area contributed by atoms with Crippen molar-refractivity contribution < 1.29 is 4.79 Å². The van der Waals surface area contributed by atoms with Crippen molar-refractivity contribution in [2.45, 2.75) is 56.0 Å². The van der Waals surface area contributed by atoms with Crippen molar-refractivity contribution in [3.05, 3.63) is 41.7 Å². The zero-order valence-corrected chi connectivity index (χ0v) is 15.7. The second-order valence-electron chi connectivity index (χ2n) is 6.06. The van der Waals surface area contributed by atoms with E-state index >= 15 is 0 Å². The van der Waals surface area contributed by atoms with Gasteiger partial charge in [-0.05, 0) is 75.3 Å². The largest absolute Gasteiger partial charge is 0.330 e. The van der Waals surface area contributed by atoms with Gasteiger partial charge in [-0.25, -0.2) is 9.97 Å². The molecule has 134 valence electrons. The van der Waals surface area contributed by atoms with Crippen molar-refractivity contribution in [2.75, 3.05) is 11.9 Å². The molecule has 1 heterocycles. The fourth-order valence-corrected chi connectivity index (χ4v) is 3.32. The average molecular weight is 359 g/mol. The van der Waals surface area contributed by atoms with E-state index in [4.69, 9.17) is 5.73 Å². The first-order valence-corrected chi connectivity index (χ1v) is 9.48. The van der Waals surface area contributed by atoms with E-state index in [9.17, 15) is 4.79 Å². The van der Waals surface area contributed by atoms with Gasteiger partial charge in [0.25, 0.3) is 0 Å². The highest BCUT2D eigenvalue weighted by Crippen LogP contribution is 2.26. The highest BCUT2D eigenvalue weighted by molar-refractivity contribution is 7.99. The Morgan fingerprint density at radius 2 is 1.68 bits per heavy atom. The van der Waals surface area contributed by atoms with Crippen molar-refractivity contribution >= 4 is 23.4 Å². The van der Waals surface area contributed by atoms with E-state index in [1.807, 2.05) is 44.2 Å². The second-order valence-corrected chi connectivity index (χ2v) is 7.10. The SMILES string of the molecule is Cc1cc(C)nc(Sc2ccc(NC(=O)CCCCCCN)cc2)n1. The van der Waals surface area contributed by atoms with E-state index in [0.717, 1.165) is 59.4 Å². The number of carbonyl (C=O) groups is 1. The van der Waals surface area contributed by atoms with Crippen LogP contribution in [0.2, 0.25) is 0 Å². The van der Waals surface area contributed by atoms with Gasteiger partial charge in [0.1, 0.15) is 0 Å². The lowest BCUT2D eigenvalue weighted by Crippen LogP contribution is -2.11. The van der Waals surface area contributed by atoms with Crippen molar-refractivity contribution in [1.82, 2.24) is 9.97 Å². The Kier molecular flexibility index (Phi) is 7.88. The molecule has 0 saturated carbocycles. The molecule has 0 atom stereocenters. The van der Waals surface area contributed by atoms with Crippen molar-refractivity contribution in [1.29, 1.82) is 0 Å². The van der Waals surface area contributed by atoms with Gasteiger partial charge in [0.05, 0.1) is 0 Å². The van der Waals surface area contributed by atoms with E-state index in [1.54, 1.807) is 0 Å². The standard InChI is InChI=1S/C19H26N4OS/c1-14-13-15(2)22-19(21-14)25-17-10-8-16(9-11-17)23-18(24)7-5-3-4-6-12-20/h8-11,13H,3-7,12,20H2,1-2H3,(H,23,24). The number of unbranched alkanes of at least 4 members (excludes halogenated alkanes) is 3. The molecule has 1 aromatic heterocycles. The minimum Gasteiger partial charge on any atom is -0.330 e. The molecular weight excluding hydrogens is 332 g/mol. The molecule has 2 rings (SSSR count). The Balaban J connectivity index is 1.82. The fraction of sp³-hybridized carbons (Fsp3) is 0.421. The lowest BCUT2D eigenvalue weighted by Gasteiger charge is -2.07. The van der Waals surface area contributed by atoms with Gasteiger partial charge in [-0.1, -0.05) is 12.8 Å². The fourth-order valence-electron chi connectivity index (χ4n) is 2.46. The van der Waals surface area contributed by atoms with Crippen LogP contribution in [0.4, 0.5) is 5.69 Å². The molecule has 1 amide bonds. The van der Waals surface area contributed by atoms with Gasteiger partial charge in [-0.2, -0.15) is 0 Å². The smallest absolute Gasteiger partial charge is 0.224 e. The molecule has 2 aromatic rings. The summed E-state index contributed by atoms with van der Waals surface area (Å²) >= 11 is 1.52. The number of carbonyl (C=O) groups excluding carboxylic acids is 1. The molecule has 0 saturated heterocycles. The van der Waals surface area contributed by atoms with Crippen LogP contribution < -0.4 is 11.1 Å².